The zero-order valence-corrected chi connectivity index (χ0v) is 9.17. The molecular formula is C10H13N3OS. The zero-order valence-electron chi connectivity index (χ0n) is 8.35. The average Bonchev–Trinajstić information content (AvgIpc) is 2.81. The molecule has 2 rings (SSSR count). The number of hydrogen-bond donors (Lipinski definition) is 1. The van der Waals surface area contributed by atoms with Crippen LogP contribution in [0.25, 0.3) is 0 Å². The van der Waals surface area contributed by atoms with Crippen LogP contribution in [0.15, 0.2) is 24.1 Å². The van der Waals surface area contributed by atoms with Crippen LogP contribution in [0.2, 0.25) is 0 Å². The van der Waals surface area contributed by atoms with Gasteiger partial charge in [-0.15, -0.1) is 0 Å². The topological polar surface area (TPSA) is 45.2 Å². The van der Waals surface area contributed by atoms with Crippen LogP contribution in [0.3, 0.4) is 0 Å². The van der Waals surface area contributed by atoms with Gasteiger partial charge in [-0.1, -0.05) is 6.58 Å². The molecule has 0 bridgehead atoms. The van der Waals surface area contributed by atoms with Crippen LogP contribution >= 0.6 is 11.5 Å². The van der Waals surface area contributed by atoms with Crippen molar-refractivity contribution in [3.63, 3.8) is 0 Å². The average molecular weight is 223 g/mol. The molecule has 5 heteroatoms. The van der Waals surface area contributed by atoms with Crippen LogP contribution in [-0.2, 0) is 4.79 Å². The van der Waals surface area contributed by atoms with Crippen LogP contribution in [-0.4, -0.2) is 34.8 Å². The molecule has 1 saturated heterocycles. The molecule has 1 aliphatic rings. The number of nitrogens with zero attached hydrogens (tertiary/aromatic N) is 2. The first-order chi connectivity index (χ1) is 7.33. The highest BCUT2D eigenvalue weighted by atomic mass is 32.1. The molecule has 1 aromatic rings. The van der Waals surface area contributed by atoms with Gasteiger partial charge in [-0.05, 0) is 23.7 Å². The molecule has 1 unspecified atom stereocenters. The van der Waals surface area contributed by atoms with Gasteiger partial charge in [0.05, 0.1) is 11.7 Å². The Morgan fingerprint density at radius 3 is 3.33 bits per heavy atom. The van der Waals surface area contributed by atoms with Gasteiger partial charge in [-0.2, -0.15) is 4.37 Å². The summed E-state index contributed by atoms with van der Waals surface area (Å²) in [4.78, 5) is 13.4. The fourth-order valence-electron chi connectivity index (χ4n) is 1.74. The molecule has 80 valence electrons. The minimum Gasteiger partial charge on any atom is -0.328 e. The lowest BCUT2D eigenvalue weighted by atomic mass is 10.1. The molecule has 1 N–H and O–H groups in total. The summed E-state index contributed by atoms with van der Waals surface area (Å²) in [6.07, 6.45) is 1.37. The van der Waals surface area contributed by atoms with E-state index in [4.69, 9.17) is 0 Å². The number of carbonyl (C=O) groups is 1. The standard InChI is InChI=1S/C10H13N3OS/c1-2-10(14)13-5-4-11-7-9(13)8-3-6-15-12-8/h2-3,6,9,11H,1,4-5,7H2. The third-order valence-electron chi connectivity index (χ3n) is 2.50. The summed E-state index contributed by atoms with van der Waals surface area (Å²) in [5, 5.41) is 5.20. The summed E-state index contributed by atoms with van der Waals surface area (Å²) in [5.74, 6) is -0.0190. The predicted octanol–water partition coefficient (Wildman–Crippen LogP) is 0.802. The number of amides is 1. The van der Waals surface area contributed by atoms with Crippen molar-refractivity contribution in [3.05, 3.63) is 29.8 Å². The predicted molar refractivity (Wildman–Crippen MR) is 59.6 cm³/mol. The van der Waals surface area contributed by atoms with Crippen LogP contribution < -0.4 is 5.32 Å². The van der Waals surface area contributed by atoms with Gasteiger partial charge in [0, 0.05) is 25.0 Å². The molecule has 2 heterocycles. The van der Waals surface area contributed by atoms with Gasteiger partial charge in [0.2, 0.25) is 5.91 Å². The van der Waals surface area contributed by atoms with Crippen LogP contribution in [0.5, 0.6) is 0 Å². The SMILES string of the molecule is C=CC(=O)N1CCNCC1c1ccsn1. The lowest BCUT2D eigenvalue weighted by Gasteiger charge is -2.34. The van der Waals surface area contributed by atoms with E-state index < -0.39 is 0 Å². The maximum absolute atomic E-state index is 11.6. The van der Waals surface area contributed by atoms with E-state index in [0.29, 0.717) is 6.54 Å². The monoisotopic (exact) mass is 223 g/mol. The summed E-state index contributed by atoms with van der Waals surface area (Å²) in [7, 11) is 0. The second-order valence-electron chi connectivity index (χ2n) is 3.38. The molecule has 0 aromatic carbocycles. The first-order valence-corrected chi connectivity index (χ1v) is 5.70. The summed E-state index contributed by atoms with van der Waals surface area (Å²) in [6.45, 7) is 5.84. The second-order valence-corrected chi connectivity index (χ2v) is 4.05. The molecular weight excluding hydrogens is 210 g/mol. The summed E-state index contributed by atoms with van der Waals surface area (Å²) in [5.41, 5.74) is 0.961. The van der Waals surface area contributed by atoms with E-state index in [1.807, 2.05) is 16.3 Å². The largest absolute Gasteiger partial charge is 0.328 e. The van der Waals surface area contributed by atoms with Crippen LogP contribution in [0, 0.1) is 0 Å². The van der Waals surface area contributed by atoms with E-state index in [0.717, 1.165) is 18.8 Å². The molecule has 0 saturated carbocycles. The molecule has 0 aliphatic carbocycles. The van der Waals surface area contributed by atoms with Crippen molar-refractivity contribution in [1.29, 1.82) is 0 Å². The molecule has 1 aromatic heterocycles. The Morgan fingerprint density at radius 2 is 2.67 bits per heavy atom. The summed E-state index contributed by atoms with van der Waals surface area (Å²) < 4.78 is 4.28. The second kappa shape index (κ2) is 4.55. The van der Waals surface area contributed by atoms with Crippen molar-refractivity contribution in [2.45, 2.75) is 6.04 Å². The Bertz CT molecular complexity index is 350. The lowest BCUT2D eigenvalue weighted by Crippen LogP contribution is -2.48. The Hall–Kier alpha value is -1.20. The van der Waals surface area contributed by atoms with E-state index in [1.54, 1.807) is 0 Å². The molecule has 1 atom stereocenters. The quantitative estimate of drug-likeness (QED) is 0.754. The molecule has 1 amide bonds. The minimum absolute atomic E-state index is 0.0190. The van der Waals surface area contributed by atoms with Gasteiger partial charge in [-0.25, -0.2) is 0 Å². The molecule has 0 spiro atoms. The van der Waals surface area contributed by atoms with Crippen molar-refractivity contribution >= 4 is 17.4 Å². The highest BCUT2D eigenvalue weighted by Crippen LogP contribution is 2.21. The van der Waals surface area contributed by atoms with E-state index in [1.165, 1.54) is 17.6 Å². The molecule has 1 fully saturated rings. The highest BCUT2D eigenvalue weighted by Gasteiger charge is 2.27. The summed E-state index contributed by atoms with van der Waals surface area (Å²) in [6, 6.07) is 2.02. The van der Waals surface area contributed by atoms with Crippen molar-refractivity contribution in [3.8, 4) is 0 Å². The number of carbonyl (C=O) groups excluding carboxylic acids is 1. The van der Waals surface area contributed by atoms with E-state index in [2.05, 4.69) is 16.3 Å². The third kappa shape index (κ3) is 2.08. The van der Waals surface area contributed by atoms with Gasteiger partial charge >= 0.3 is 0 Å². The van der Waals surface area contributed by atoms with E-state index >= 15 is 0 Å². The molecule has 4 nitrogen and oxygen atoms in total. The van der Waals surface area contributed by atoms with Crippen molar-refractivity contribution in [2.75, 3.05) is 19.6 Å². The Kier molecular flexibility index (Phi) is 3.13. The Balaban J connectivity index is 2.20. The third-order valence-corrected chi connectivity index (χ3v) is 3.07. The van der Waals surface area contributed by atoms with Crippen molar-refractivity contribution in [2.24, 2.45) is 0 Å². The Labute approximate surface area is 92.8 Å². The molecule has 15 heavy (non-hydrogen) atoms. The smallest absolute Gasteiger partial charge is 0.246 e. The number of rotatable bonds is 2. The van der Waals surface area contributed by atoms with Gasteiger partial charge in [-0.3, -0.25) is 4.79 Å². The summed E-state index contributed by atoms with van der Waals surface area (Å²) >= 11 is 1.41. The first kappa shape index (κ1) is 10.3. The maximum atomic E-state index is 11.6. The zero-order chi connectivity index (χ0) is 10.7. The number of aromatic nitrogens is 1. The molecule has 1 aliphatic heterocycles. The van der Waals surface area contributed by atoms with Gasteiger partial charge in [0.1, 0.15) is 0 Å². The first-order valence-electron chi connectivity index (χ1n) is 4.87. The fraction of sp³-hybridized carbons (Fsp3) is 0.400. The van der Waals surface area contributed by atoms with Crippen molar-refractivity contribution in [1.82, 2.24) is 14.6 Å². The van der Waals surface area contributed by atoms with Gasteiger partial charge < -0.3 is 10.2 Å². The Morgan fingerprint density at radius 1 is 1.80 bits per heavy atom. The minimum atomic E-state index is -0.0190. The number of hydrogen-bond acceptors (Lipinski definition) is 4. The van der Waals surface area contributed by atoms with E-state index in [-0.39, 0.29) is 11.9 Å². The van der Waals surface area contributed by atoms with Crippen molar-refractivity contribution < 1.29 is 4.79 Å². The van der Waals surface area contributed by atoms with E-state index in [9.17, 15) is 4.79 Å². The lowest BCUT2D eigenvalue weighted by molar-refractivity contribution is -0.129. The van der Waals surface area contributed by atoms with Gasteiger partial charge in [0.15, 0.2) is 0 Å². The number of nitrogens with one attached hydrogen (secondary N) is 1. The number of piperazine rings is 1. The normalized spacial score (nSPS) is 21.3. The van der Waals surface area contributed by atoms with Gasteiger partial charge in [0.25, 0.3) is 0 Å². The molecule has 0 radical (unpaired) electrons. The van der Waals surface area contributed by atoms with Crippen LogP contribution in [0.4, 0.5) is 0 Å². The highest BCUT2D eigenvalue weighted by molar-refractivity contribution is 7.03. The fourth-order valence-corrected chi connectivity index (χ4v) is 2.31. The van der Waals surface area contributed by atoms with Crippen LogP contribution in [0.1, 0.15) is 11.7 Å². The maximum Gasteiger partial charge on any atom is 0.246 e.